The molecule has 0 saturated carbocycles. The monoisotopic (exact) mass is 283 g/mol. The molecule has 0 bridgehead atoms. The second-order valence-electron chi connectivity index (χ2n) is 4.83. The van der Waals surface area contributed by atoms with Crippen molar-refractivity contribution >= 4 is 17.2 Å². The Morgan fingerprint density at radius 2 is 1.71 bits per heavy atom. The molecule has 0 atom stereocenters. The number of para-hydroxylation sites is 2. The summed E-state index contributed by atoms with van der Waals surface area (Å²) >= 11 is 0. The molecule has 0 heterocycles. The first kappa shape index (κ1) is 14.7. The van der Waals surface area contributed by atoms with Crippen molar-refractivity contribution < 1.29 is 4.92 Å². The molecular formula is C16H17N3O2. The molecule has 2 rings (SSSR count). The zero-order valence-electron chi connectivity index (χ0n) is 12.1. The van der Waals surface area contributed by atoms with Gasteiger partial charge in [0.05, 0.1) is 4.92 Å². The summed E-state index contributed by atoms with van der Waals surface area (Å²) in [6.45, 7) is 0. The molecule has 108 valence electrons. The number of hydrogen-bond acceptors (Lipinski definition) is 3. The maximum atomic E-state index is 11.1. The van der Waals surface area contributed by atoms with E-state index >= 15 is 0 Å². The number of aliphatic imine (C=N–C) groups is 1. The van der Waals surface area contributed by atoms with Crippen LogP contribution in [0.5, 0.6) is 0 Å². The molecule has 0 amide bonds. The standard InChI is InChI=1S/C16H17N3O2/c1-18(2)16(12-13-8-4-3-5-9-13)17-14-10-6-7-11-15(14)19(20)21/h3-11H,12H2,1-2H3. The van der Waals surface area contributed by atoms with Crippen molar-refractivity contribution in [2.45, 2.75) is 6.42 Å². The van der Waals surface area contributed by atoms with Crippen LogP contribution in [-0.4, -0.2) is 29.8 Å². The van der Waals surface area contributed by atoms with Crippen LogP contribution in [-0.2, 0) is 6.42 Å². The molecule has 0 aliphatic rings. The Kier molecular flexibility index (Phi) is 4.66. The normalized spacial score (nSPS) is 11.2. The van der Waals surface area contributed by atoms with E-state index in [-0.39, 0.29) is 5.69 Å². The quantitative estimate of drug-likeness (QED) is 0.374. The molecule has 0 N–H and O–H groups in total. The van der Waals surface area contributed by atoms with E-state index < -0.39 is 4.92 Å². The molecule has 0 aliphatic heterocycles. The lowest BCUT2D eigenvalue weighted by atomic mass is 10.1. The molecular weight excluding hydrogens is 266 g/mol. The number of hydrogen-bond donors (Lipinski definition) is 0. The lowest BCUT2D eigenvalue weighted by Gasteiger charge is -2.16. The maximum Gasteiger partial charge on any atom is 0.294 e. The van der Waals surface area contributed by atoms with Gasteiger partial charge >= 0.3 is 0 Å². The van der Waals surface area contributed by atoms with Crippen LogP contribution in [0, 0.1) is 10.1 Å². The van der Waals surface area contributed by atoms with Crippen LogP contribution in [0.3, 0.4) is 0 Å². The summed E-state index contributed by atoms with van der Waals surface area (Å²) < 4.78 is 0. The van der Waals surface area contributed by atoms with Gasteiger partial charge in [-0.15, -0.1) is 0 Å². The molecule has 0 fully saturated rings. The maximum absolute atomic E-state index is 11.1. The third-order valence-corrected chi connectivity index (χ3v) is 3.05. The predicted octanol–water partition coefficient (Wildman–Crippen LogP) is 3.43. The van der Waals surface area contributed by atoms with Crippen LogP contribution >= 0.6 is 0 Å². The summed E-state index contributed by atoms with van der Waals surface area (Å²) in [6.07, 6.45) is 0.625. The van der Waals surface area contributed by atoms with Crippen molar-refractivity contribution in [1.82, 2.24) is 4.90 Å². The van der Waals surface area contributed by atoms with Crippen LogP contribution in [0.2, 0.25) is 0 Å². The minimum absolute atomic E-state index is 0.0184. The average Bonchev–Trinajstić information content (AvgIpc) is 2.48. The molecule has 2 aromatic carbocycles. The number of nitro benzene ring substituents is 1. The number of nitro groups is 1. The first-order valence-corrected chi connectivity index (χ1v) is 6.60. The van der Waals surface area contributed by atoms with Crippen LogP contribution in [0.4, 0.5) is 11.4 Å². The van der Waals surface area contributed by atoms with Gasteiger partial charge in [0.25, 0.3) is 5.69 Å². The summed E-state index contributed by atoms with van der Waals surface area (Å²) in [5.41, 5.74) is 1.51. The summed E-state index contributed by atoms with van der Waals surface area (Å²) in [4.78, 5) is 17.0. The lowest BCUT2D eigenvalue weighted by Crippen LogP contribution is -2.24. The molecule has 0 radical (unpaired) electrons. The number of rotatable bonds is 4. The topological polar surface area (TPSA) is 58.7 Å². The largest absolute Gasteiger partial charge is 0.366 e. The van der Waals surface area contributed by atoms with Crippen LogP contribution < -0.4 is 0 Å². The number of nitrogens with zero attached hydrogens (tertiary/aromatic N) is 3. The first-order chi connectivity index (χ1) is 10.1. The van der Waals surface area contributed by atoms with Crippen LogP contribution in [0.25, 0.3) is 0 Å². The Balaban J connectivity index is 2.37. The fourth-order valence-corrected chi connectivity index (χ4v) is 1.93. The Labute approximate surface area is 123 Å². The highest BCUT2D eigenvalue weighted by molar-refractivity contribution is 5.87. The highest BCUT2D eigenvalue weighted by atomic mass is 16.6. The Bertz CT molecular complexity index is 652. The van der Waals surface area contributed by atoms with Crippen LogP contribution in [0.1, 0.15) is 5.56 Å². The second-order valence-corrected chi connectivity index (χ2v) is 4.83. The summed E-state index contributed by atoms with van der Waals surface area (Å²) in [7, 11) is 3.77. The van der Waals surface area contributed by atoms with Gasteiger partial charge < -0.3 is 4.90 Å². The second kappa shape index (κ2) is 6.65. The molecule has 0 aliphatic carbocycles. The molecule has 21 heavy (non-hydrogen) atoms. The Hall–Kier alpha value is -2.69. The van der Waals surface area contributed by atoms with E-state index in [1.54, 1.807) is 18.2 Å². The first-order valence-electron chi connectivity index (χ1n) is 6.60. The fourth-order valence-electron chi connectivity index (χ4n) is 1.93. The van der Waals surface area contributed by atoms with Crippen molar-refractivity contribution in [3.8, 4) is 0 Å². The fraction of sp³-hybridized carbons (Fsp3) is 0.188. The molecule has 5 heteroatoms. The van der Waals surface area contributed by atoms with E-state index in [9.17, 15) is 10.1 Å². The van der Waals surface area contributed by atoms with E-state index in [4.69, 9.17) is 0 Å². The van der Waals surface area contributed by atoms with Gasteiger partial charge in [-0.25, -0.2) is 4.99 Å². The highest BCUT2D eigenvalue weighted by Crippen LogP contribution is 2.27. The third kappa shape index (κ3) is 3.89. The SMILES string of the molecule is CN(C)C(Cc1ccccc1)=Nc1ccccc1[N+](=O)[O-]. The van der Waals surface area contributed by atoms with Gasteiger partial charge in [-0.3, -0.25) is 10.1 Å². The van der Waals surface area contributed by atoms with E-state index in [0.717, 1.165) is 11.4 Å². The minimum Gasteiger partial charge on any atom is -0.366 e. The minimum atomic E-state index is -0.408. The molecule has 5 nitrogen and oxygen atoms in total. The number of likely N-dealkylation sites (N-methyl/N-ethyl adjacent to an activating group) is 1. The van der Waals surface area contributed by atoms with Crippen molar-refractivity contribution in [2.75, 3.05) is 14.1 Å². The van der Waals surface area contributed by atoms with Gasteiger partial charge in [-0.2, -0.15) is 0 Å². The smallest absolute Gasteiger partial charge is 0.294 e. The highest BCUT2D eigenvalue weighted by Gasteiger charge is 2.13. The summed E-state index contributed by atoms with van der Waals surface area (Å²) in [5.74, 6) is 0.774. The van der Waals surface area contributed by atoms with E-state index in [1.165, 1.54) is 6.07 Å². The van der Waals surface area contributed by atoms with Crippen molar-refractivity contribution in [3.05, 3.63) is 70.3 Å². The van der Waals surface area contributed by atoms with Crippen molar-refractivity contribution in [3.63, 3.8) is 0 Å². The van der Waals surface area contributed by atoms with Crippen LogP contribution in [0.15, 0.2) is 59.6 Å². The van der Waals surface area contributed by atoms with Gasteiger partial charge in [0, 0.05) is 26.6 Å². The van der Waals surface area contributed by atoms with Gasteiger partial charge in [0.2, 0.25) is 0 Å². The molecule has 0 aromatic heterocycles. The van der Waals surface area contributed by atoms with Gasteiger partial charge in [-0.1, -0.05) is 42.5 Å². The zero-order chi connectivity index (χ0) is 15.2. The average molecular weight is 283 g/mol. The van der Waals surface area contributed by atoms with Gasteiger partial charge in [-0.05, 0) is 11.6 Å². The van der Waals surface area contributed by atoms with E-state index in [1.807, 2.05) is 49.3 Å². The number of benzene rings is 2. The lowest BCUT2D eigenvalue weighted by molar-refractivity contribution is -0.384. The Morgan fingerprint density at radius 1 is 1.10 bits per heavy atom. The van der Waals surface area contributed by atoms with Crippen molar-refractivity contribution in [1.29, 1.82) is 0 Å². The van der Waals surface area contributed by atoms with E-state index in [2.05, 4.69) is 4.99 Å². The Morgan fingerprint density at radius 3 is 2.33 bits per heavy atom. The van der Waals surface area contributed by atoms with Gasteiger partial charge in [0.15, 0.2) is 0 Å². The molecule has 2 aromatic rings. The molecule has 0 spiro atoms. The van der Waals surface area contributed by atoms with E-state index in [0.29, 0.717) is 12.1 Å². The molecule has 0 unspecified atom stereocenters. The third-order valence-electron chi connectivity index (χ3n) is 3.05. The summed E-state index contributed by atoms with van der Waals surface area (Å²) in [6, 6.07) is 16.4. The molecule has 0 saturated heterocycles. The summed E-state index contributed by atoms with van der Waals surface area (Å²) in [5, 5.41) is 11.1. The van der Waals surface area contributed by atoms with Crippen molar-refractivity contribution in [2.24, 2.45) is 4.99 Å². The number of amidine groups is 1. The van der Waals surface area contributed by atoms with Gasteiger partial charge in [0.1, 0.15) is 11.5 Å². The zero-order valence-corrected chi connectivity index (χ0v) is 12.1. The predicted molar refractivity (Wildman–Crippen MR) is 84.0 cm³/mol.